The molecule has 2 N–H and O–H groups in total. The van der Waals surface area contributed by atoms with Gasteiger partial charge in [-0.1, -0.05) is 18.2 Å². The molecule has 0 aliphatic rings. The summed E-state index contributed by atoms with van der Waals surface area (Å²) in [4.78, 5) is 13.8. The first-order valence-corrected chi connectivity index (χ1v) is 6.19. The number of aromatic nitrogens is 2. The minimum absolute atomic E-state index is 0.0524. The Bertz CT molecular complexity index is 602. The van der Waals surface area contributed by atoms with Crippen molar-refractivity contribution < 1.29 is 15.0 Å². The van der Waals surface area contributed by atoms with Crippen molar-refractivity contribution in [2.24, 2.45) is 7.05 Å². The Hall–Kier alpha value is -2.34. The van der Waals surface area contributed by atoms with Crippen LogP contribution in [0, 0.1) is 0 Å². The number of amides is 1. The summed E-state index contributed by atoms with van der Waals surface area (Å²) in [6.45, 7) is 0.104. The van der Waals surface area contributed by atoms with Gasteiger partial charge in [0.2, 0.25) is 5.88 Å². The van der Waals surface area contributed by atoms with Gasteiger partial charge in [0.1, 0.15) is 0 Å². The van der Waals surface area contributed by atoms with E-state index in [2.05, 4.69) is 5.10 Å². The highest BCUT2D eigenvalue weighted by Gasteiger charge is 2.16. The van der Waals surface area contributed by atoms with E-state index in [1.807, 2.05) is 0 Å². The lowest BCUT2D eigenvalue weighted by molar-refractivity contribution is 0.0780. The third-order valence-electron chi connectivity index (χ3n) is 3.07. The molecule has 6 heteroatoms. The first kappa shape index (κ1) is 14.1. The number of rotatable bonds is 4. The fraction of sp³-hybridized carbons (Fsp3) is 0.286. The summed E-state index contributed by atoms with van der Waals surface area (Å²) in [7, 11) is 3.28. The molecule has 106 valence electrons. The summed E-state index contributed by atoms with van der Waals surface area (Å²) in [6.07, 6.45) is 0. The Kier molecular flexibility index (Phi) is 4.05. The van der Waals surface area contributed by atoms with E-state index in [1.165, 1.54) is 15.6 Å². The molecule has 0 aliphatic heterocycles. The second kappa shape index (κ2) is 5.75. The molecule has 2 rings (SSSR count). The Morgan fingerprint density at radius 1 is 1.40 bits per heavy atom. The number of hydrogen-bond donors (Lipinski definition) is 2. The van der Waals surface area contributed by atoms with Crippen molar-refractivity contribution >= 4 is 5.91 Å². The molecule has 1 amide bonds. The van der Waals surface area contributed by atoms with E-state index in [0.29, 0.717) is 16.8 Å². The van der Waals surface area contributed by atoms with Crippen LogP contribution in [-0.2, 0) is 20.2 Å². The zero-order valence-electron chi connectivity index (χ0n) is 11.4. The van der Waals surface area contributed by atoms with Gasteiger partial charge in [-0.15, -0.1) is 0 Å². The van der Waals surface area contributed by atoms with E-state index >= 15 is 0 Å². The van der Waals surface area contributed by atoms with Gasteiger partial charge < -0.3 is 15.1 Å². The second-order valence-electron chi connectivity index (χ2n) is 4.59. The van der Waals surface area contributed by atoms with Crippen LogP contribution in [0.25, 0.3) is 0 Å². The molecule has 0 saturated heterocycles. The maximum atomic E-state index is 12.3. The van der Waals surface area contributed by atoms with Gasteiger partial charge in [0.25, 0.3) is 5.91 Å². The number of hydrogen-bond acceptors (Lipinski definition) is 4. The van der Waals surface area contributed by atoms with Crippen LogP contribution in [-0.4, -0.2) is 37.8 Å². The number of aromatic hydroxyl groups is 1. The van der Waals surface area contributed by atoms with E-state index in [4.69, 9.17) is 0 Å². The van der Waals surface area contributed by atoms with Crippen LogP contribution in [0.5, 0.6) is 5.88 Å². The zero-order chi connectivity index (χ0) is 14.7. The Morgan fingerprint density at radius 2 is 2.10 bits per heavy atom. The lowest BCUT2D eigenvalue weighted by Gasteiger charge is -2.17. The summed E-state index contributed by atoms with van der Waals surface area (Å²) in [5, 5.41) is 22.8. The van der Waals surface area contributed by atoms with Crippen molar-refractivity contribution in [3.8, 4) is 5.88 Å². The number of aryl methyl sites for hydroxylation is 1. The highest BCUT2D eigenvalue weighted by Crippen LogP contribution is 2.15. The highest BCUT2D eigenvalue weighted by molar-refractivity contribution is 5.95. The fourth-order valence-corrected chi connectivity index (χ4v) is 1.98. The SMILES string of the molecule is CN(Cc1cc(O)n(C)n1)C(=O)c1ccccc1CO. The zero-order valence-corrected chi connectivity index (χ0v) is 11.4. The van der Waals surface area contributed by atoms with E-state index in [1.54, 1.807) is 38.4 Å². The third kappa shape index (κ3) is 2.80. The first-order chi connectivity index (χ1) is 9.52. The Labute approximate surface area is 116 Å². The maximum Gasteiger partial charge on any atom is 0.254 e. The van der Waals surface area contributed by atoms with Crippen LogP contribution in [0.4, 0.5) is 0 Å². The van der Waals surface area contributed by atoms with E-state index < -0.39 is 0 Å². The predicted octanol–water partition coefficient (Wildman–Crippen LogP) is 0.890. The van der Waals surface area contributed by atoms with Crippen molar-refractivity contribution in [3.63, 3.8) is 0 Å². The van der Waals surface area contributed by atoms with Gasteiger partial charge in [0.05, 0.1) is 18.8 Å². The first-order valence-electron chi connectivity index (χ1n) is 6.19. The molecule has 0 saturated carbocycles. The monoisotopic (exact) mass is 275 g/mol. The van der Waals surface area contributed by atoms with E-state index in [0.717, 1.165) is 0 Å². The molecule has 0 radical (unpaired) electrons. The molecule has 1 aromatic carbocycles. The van der Waals surface area contributed by atoms with Gasteiger partial charge in [0.15, 0.2) is 0 Å². The van der Waals surface area contributed by atoms with Crippen molar-refractivity contribution in [1.29, 1.82) is 0 Å². The topological polar surface area (TPSA) is 78.6 Å². The molecule has 0 unspecified atom stereocenters. The average Bonchev–Trinajstić information content (AvgIpc) is 2.76. The number of benzene rings is 1. The maximum absolute atomic E-state index is 12.3. The van der Waals surface area contributed by atoms with Crippen molar-refractivity contribution in [1.82, 2.24) is 14.7 Å². The van der Waals surface area contributed by atoms with Gasteiger partial charge in [-0.25, -0.2) is 4.68 Å². The highest BCUT2D eigenvalue weighted by atomic mass is 16.3. The van der Waals surface area contributed by atoms with Crippen molar-refractivity contribution in [2.75, 3.05) is 7.05 Å². The molecule has 0 atom stereocenters. The largest absolute Gasteiger partial charge is 0.493 e. The fourth-order valence-electron chi connectivity index (χ4n) is 1.98. The summed E-state index contributed by atoms with van der Waals surface area (Å²) in [5.74, 6) is -0.142. The second-order valence-corrected chi connectivity index (χ2v) is 4.59. The number of aliphatic hydroxyl groups excluding tert-OH is 1. The van der Waals surface area contributed by atoms with Crippen LogP contribution in [0.2, 0.25) is 0 Å². The molecule has 0 bridgehead atoms. The summed E-state index contributed by atoms with van der Waals surface area (Å²) < 4.78 is 1.34. The molecule has 20 heavy (non-hydrogen) atoms. The summed E-state index contributed by atoms with van der Waals surface area (Å²) >= 11 is 0. The van der Waals surface area contributed by atoms with Gasteiger partial charge >= 0.3 is 0 Å². The smallest absolute Gasteiger partial charge is 0.254 e. The normalized spacial score (nSPS) is 10.6. The molecular formula is C14H17N3O3. The number of aliphatic hydroxyl groups is 1. The number of nitrogens with zero attached hydrogens (tertiary/aromatic N) is 3. The van der Waals surface area contributed by atoms with Crippen LogP contribution in [0.1, 0.15) is 21.6 Å². The van der Waals surface area contributed by atoms with Crippen LogP contribution in [0.3, 0.4) is 0 Å². The molecule has 1 aromatic heterocycles. The molecule has 2 aromatic rings. The molecule has 1 heterocycles. The number of carbonyl (C=O) groups excluding carboxylic acids is 1. The Morgan fingerprint density at radius 3 is 2.70 bits per heavy atom. The molecule has 6 nitrogen and oxygen atoms in total. The predicted molar refractivity (Wildman–Crippen MR) is 73.0 cm³/mol. The Balaban J connectivity index is 2.16. The minimum Gasteiger partial charge on any atom is -0.493 e. The van der Waals surface area contributed by atoms with Crippen molar-refractivity contribution in [3.05, 3.63) is 47.2 Å². The van der Waals surface area contributed by atoms with E-state index in [9.17, 15) is 15.0 Å². The molecule has 0 fully saturated rings. The van der Waals surface area contributed by atoms with Gasteiger partial charge in [-0.3, -0.25) is 4.79 Å². The van der Waals surface area contributed by atoms with Crippen LogP contribution in [0.15, 0.2) is 30.3 Å². The summed E-state index contributed by atoms with van der Waals surface area (Å²) in [6, 6.07) is 8.45. The standard InChI is InChI=1S/C14H17N3O3/c1-16(8-11-7-13(19)17(2)15-11)14(20)12-6-4-3-5-10(12)9-18/h3-7,18-19H,8-9H2,1-2H3. The average molecular weight is 275 g/mol. The lowest BCUT2D eigenvalue weighted by atomic mass is 10.1. The lowest BCUT2D eigenvalue weighted by Crippen LogP contribution is -2.27. The van der Waals surface area contributed by atoms with Gasteiger partial charge in [-0.05, 0) is 11.6 Å². The third-order valence-corrected chi connectivity index (χ3v) is 3.07. The minimum atomic E-state index is -0.195. The summed E-state index contributed by atoms with van der Waals surface area (Å²) in [5.41, 5.74) is 1.66. The molecular weight excluding hydrogens is 258 g/mol. The molecule has 0 spiro atoms. The van der Waals surface area contributed by atoms with Gasteiger partial charge in [0, 0.05) is 25.7 Å². The van der Waals surface area contributed by atoms with Crippen LogP contribution >= 0.6 is 0 Å². The van der Waals surface area contributed by atoms with Gasteiger partial charge in [-0.2, -0.15) is 5.10 Å². The van der Waals surface area contributed by atoms with E-state index in [-0.39, 0.29) is 24.9 Å². The molecule has 0 aliphatic carbocycles. The van der Waals surface area contributed by atoms with Crippen molar-refractivity contribution in [2.45, 2.75) is 13.2 Å². The van der Waals surface area contributed by atoms with Crippen LogP contribution < -0.4 is 0 Å². The number of carbonyl (C=O) groups is 1. The quantitative estimate of drug-likeness (QED) is 0.868.